The Morgan fingerprint density at radius 3 is 2.52 bits per heavy atom. The molecule has 2 atom stereocenters. The fourth-order valence-corrected chi connectivity index (χ4v) is 3.86. The summed E-state index contributed by atoms with van der Waals surface area (Å²) in [5, 5.41) is 3.78. The molecule has 1 saturated heterocycles. The highest BCUT2D eigenvalue weighted by Crippen LogP contribution is 2.36. The Morgan fingerprint density at radius 2 is 1.95 bits per heavy atom. The first-order valence-electron chi connectivity index (χ1n) is 9.03. The molecule has 2 aliphatic rings. The van der Waals surface area contributed by atoms with Crippen molar-refractivity contribution in [3.05, 3.63) is 0 Å². The zero-order valence-corrected chi connectivity index (χ0v) is 14.7. The van der Waals surface area contributed by atoms with Gasteiger partial charge in [-0.05, 0) is 57.5 Å². The van der Waals surface area contributed by atoms with Crippen LogP contribution in [0.1, 0.15) is 59.3 Å². The molecule has 1 aliphatic heterocycles. The van der Waals surface area contributed by atoms with Crippen molar-refractivity contribution < 1.29 is 4.74 Å². The Morgan fingerprint density at radius 1 is 1.24 bits per heavy atom. The zero-order chi connectivity index (χ0) is 15.3. The molecule has 0 bridgehead atoms. The summed E-state index contributed by atoms with van der Waals surface area (Å²) in [5.74, 6) is 0.707. The molecule has 1 N–H and O–H groups in total. The number of hydrogen-bond acceptors (Lipinski definition) is 3. The van der Waals surface area contributed by atoms with Crippen LogP contribution in [0.25, 0.3) is 0 Å². The van der Waals surface area contributed by atoms with E-state index in [1.54, 1.807) is 0 Å². The summed E-state index contributed by atoms with van der Waals surface area (Å²) < 4.78 is 5.61. The van der Waals surface area contributed by atoms with Gasteiger partial charge >= 0.3 is 0 Å². The number of hydrogen-bond donors (Lipinski definition) is 1. The summed E-state index contributed by atoms with van der Waals surface area (Å²) in [5.41, 5.74) is 0.566. The lowest BCUT2D eigenvalue weighted by molar-refractivity contribution is 0.107. The van der Waals surface area contributed by atoms with Gasteiger partial charge in [0.2, 0.25) is 0 Å². The molecular weight excluding hydrogens is 260 g/mol. The van der Waals surface area contributed by atoms with Gasteiger partial charge in [-0.15, -0.1) is 0 Å². The first-order chi connectivity index (χ1) is 10.0. The maximum Gasteiger partial charge on any atom is 0.0510 e. The summed E-state index contributed by atoms with van der Waals surface area (Å²) in [7, 11) is 2.33. The van der Waals surface area contributed by atoms with Crippen LogP contribution in [-0.2, 0) is 4.74 Å². The van der Waals surface area contributed by atoms with Gasteiger partial charge in [-0.1, -0.05) is 20.8 Å². The SMILES string of the molecule is CCCNC(CN(C)C1CCC(C)(C)CC1)C1CCOC1. The fraction of sp³-hybridized carbons (Fsp3) is 1.00. The molecule has 2 fully saturated rings. The second-order valence-corrected chi connectivity index (χ2v) is 8.02. The van der Waals surface area contributed by atoms with Gasteiger partial charge < -0.3 is 15.0 Å². The van der Waals surface area contributed by atoms with Crippen LogP contribution in [-0.4, -0.2) is 50.3 Å². The van der Waals surface area contributed by atoms with E-state index in [0.29, 0.717) is 17.4 Å². The monoisotopic (exact) mass is 296 g/mol. The zero-order valence-electron chi connectivity index (χ0n) is 14.7. The van der Waals surface area contributed by atoms with Gasteiger partial charge in [0.25, 0.3) is 0 Å². The summed E-state index contributed by atoms with van der Waals surface area (Å²) >= 11 is 0. The minimum absolute atomic E-state index is 0.566. The standard InChI is InChI=1S/C18H36N2O/c1-5-11-19-17(15-8-12-21-14-15)13-20(4)16-6-9-18(2,3)10-7-16/h15-17,19H,5-14H2,1-4H3. The molecule has 21 heavy (non-hydrogen) atoms. The van der Waals surface area contributed by atoms with Crippen LogP contribution >= 0.6 is 0 Å². The first-order valence-corrected chi connectivity index (χ1v) is 9.03. The van der Waals surface area contributed by atoms with Gasteiger partial charge in [0.05, 0.1) is 6.61 Å². The Labute approximate surface area is 131 Å². The molecule has 2 rings (SSSR count). The molecule has 3 heteroatoms. The molecule has 1 heterocycles. The number of ether oxygens (including phenoxy) is 1. The molecule has 1 aliphatic carbocycles. The van der Waals surface area contributed by atoms with Crippen LogP contribution in [0, 0.1) is 11.3 Å². The fourth-order valence-electron chi connectivity index (χ4n) is 3.86. The molecular formula is C18H36N2O. The minimum Gasteiger partial charge on any atom is -0.381 e. The van der Waals surface area contributed by atoms with Crippen LogP contribution in [0.4, 0.5) is 0 Å². The molecule has 124 valence electrons. The Hall–Kier alpha value is -0.120. The van der Waals surface area contributed by atoms with Crippen molar-refractivity contribution in [1.82, 2.24) is 10.2 Å². The maximum atomic E-state index is 5.61. The van der Waals surface area contributed by atoms with E-state index in [2.05, 4.69) is 38.0 Å². The first kappa shape index (κ1) is 17.2. The molecule has 2 unspecified atom stereocenters. The van der Waals surface area contributed by atoms with Crippen molar-refractivity contribution in [1.29, 1.82) is 0 Å². The normalized spacial score (nSPS) is 28.1. The van der Waals surface area contributed by atoms with E-state index in [1.807, 2.05) is 0 Å². The van der Waals surface area contributed by atoms with E-state index < -0.39 is 0 Å². The van der Waals surface area contributed by atoms with Crippen molar-refractivity contribution in [3.8, 4) is 0 Å². The lowest BCUT2D eigenvalue weighted by Gasteiger charge is -2.40. The molecule has 0 aromatic rings. The van der Waals surface area contributed by atoms with E-state index in [-0.39, 0.29) is 0 Å². The third-order valence-electron chi connectivity index (χ3n) is 5.61. The van der Waals surface area contributed by atoms with Crippen LogP contribution in [0.15, 0.2) is 0 Å². The largest absolute Gasteiger partial charge is 0.381 e. The Balaban J connectivity index is 1.83. The van der Waals surface area contributed by atoms with E-state index in [9.17, 15) is 0 Å². The summed E-state index contributed by atoms with van der Waals surface area (Å²) in [4.78, 5) is 2.63. The number of rotatable bonds is 7. The minimum atomic E-state index is 0.566. The van der Waals surface area contributed by atoms with Crippen LogP contribution < -0.4 is 5.32 Å². The van der Waals surface area contributed by atoms with Gasteiger partial charge in [0.15, 0.2) is 0 Å². The maximum absolute atomic E-state index is 5.61. The molecule has 1 saturated carbocycles. The number of likely N-dealkylation sites (N-methyl/N-ethyl adjacent to an activating group) is 1. The van der Waals surface area contributed by atoms with Crippen molar-refractivity contribution >= 4 is 0 Å². The van der Waals surface area contributed by atoms with Gasteiger partial charge in [0.1, 0.15) is 0 Å². The van der Waals surface area contributed by atoms with E-state index >= 15 is 0 Å². The molecule has 0 aromatic heterocycles. The number of nitrogens with one attached hydrogen (secondary N) is 1. The quantitative estimate of drug-likeness (QED) is 0.780. The lowest BCUT2D eigenvalue weighted by Crippen LogP contribution is -2.48. The highest BCUT2D eigenvalue weighted by atomic mass is 16.5. The van der Waals surface area contributed by atoms with Crippen molar-refractivity contribution in [2.45, 2.75) is 71.4 Å². The highest BCUT2D eigenvalue weighted by Gasteiger charge is 2.31. The van der Waals surface area contributed by atoms with Gasteiger partial charge in [0, 0.05) is 31.2 Å². The van der Waals surface area contributed by atoms with Gasteiger partial charge in [-0.2, -0.15) is 0 Å². The Bertz CT molecular complexity index is 290. The van der Waals surface area contributed by atoms with Crippen LogP contribution in [0.3, 0.4) is 0 Å². The van der Waals surface area contributed by atoms with Gasteiger partial charge in [-0.25, -0.2) is 0 Å². The predicted octanol–water partition coefficient (Wildman–Crippen LogP) is 3.29. The number of nitrogens with zero attached hydrogens (tertiary/aromatic N) is 1. The summed E-state index contributed by atoms with van der Waals surface area (Å²) in [6.07, 6.45) is 7.93. The predicted molar refractivity (Wildman–Crippen MR) is 89.7 cm³/mol. The molecule has 3 nitrogen and oxygen atoms in total. The molecule has 0 amide bonds. The van der Waals surface area contributed by atoms with E-state index in [0.717, 1.165) is 25.8 Å². The van der Waals surface area contributed by atoms with Crippen molar-refractivity contribution in [2.24, 2.45) is 11.3 Å². The van der Waals surface area contributed by atoms with E-state index in [4.69, 9.17) is 4.74 Å². The summed E-state index contributed by atoms with van der Waals surface area (Å²) in [6, 6.07) is 1.39. The third kappa shape index (κ3) is 5.22. The van der Waals surface area contributed by atoms with Crippen molar-refractivity contribution in [2.75, 3.05) is 33.4 Å². The third-order valence-corrected chi connectivity index (χ3v) is 5.61. The van der Waals surface area contributed by atoms with E-state index in [1.165, 1.54) is 45.1 Å². The van der Waals surface area contributed by atoms with Gasteiger partial charge in [-0.3, -0.25) is 0 Å². The lowest BCUT2D eigenvalue weighted by atomic mass is 9.75. The molecule has 0 radical (unpaired) electrons. The van der Waals surface area contributed by atoms with Crippen LogP contribution in [0.2, 0.25) is 0 Å². The average molecular weight is 296 g/mol. The summed E-state index contributed by atoms with van der Waals surface area (Å²) in [6.45, 7) is 11.3. The topological polar surface area (TPSA) is 24.5 Å². The second-order valence-electron chi connectivity index (χ2n) is 8.02. The average Bonchev–Trinajstić information content (AvgIpc) is 2.97. The Kier molecular flexibility index (Phi) is 6.51. The highest BCUT2D eigenvalue weighted by molar-refractivity contribution is 4.87. The smallest absolute Gasteiger partial charge is 0.0510 e. The molecule has 0 spiro atoms. The van der Waals surface area contributed by atoms with Crippen molar-refractivity contribution in [3.63, 3.8) is 0 Å². The molecule has 0 aromatic carbocycles. The second kappa shape index (κ2) is 7.94. The van der Waals surface area contributed by atoms with Crippen LogP contribution in [0.5, 0.6) is 0 Å².